The zero-order valence-corrected chi connectivity index (χ0v) is 35.3. The van der Waals surface area contributed by atoms with Crippen LogP contribution >= 0.6 is 21.6 Å². The number of aryl methyl sites for hydroxylation is 1. The summed E-state index contributed by atoms with van der Waals surface area (Å²) in [4.78, 5) is 24.8. The molecule has 0 bridgehead atoms. The van der Waals surface area contributed by atoms with Crippen LogP contribution < -0.4 is 4.74 Å². The number of aromatic hydroxyl groups is 1. The molecule has 6 N–H and O–H groups in total. The Balaban J connectivity index is 1.13. The van der Waals surface area contributed by atoms with Crippen molar-refractivity contribution in [3.63, 3.8) is 0 Å². The van der Waals surface area contributed by atoms with Gasteiger partial charge in [-0.05, 0) is 136 Å². The van der Waals surface area contributed by atoms with E-state index < -0.39 is 54.3 Å². The molecular formula is C44H60O12S2. The molecule has 0 amide bonds. The fourth-order valence-electron chi connectivity index (χ4n) is 13.1. The monoisotopic (exact) mass is 844 g/mol. The van der Waals surface area contributed by atoms with E-state index in [1.807, 2.05) is 0 Å². The number of aliphatic hydroxyl groups is 4. The maximum atomic E-state index is 12.6. The molecule has 58 heavy (non-hydrogen) atoms. The molecule has 6 aliphatic rings. The number of carbonyl (C=O) groups excluding carboxylic acids is 1. The number of carboxylic acids is 1. The zero-order valence-electron chi connectivity index (χ0n) is 33.7. The largest absolute Gasteiger partial charge is 0.506 e. The molecule has 2 aromatic rings. The molecule has 8 rings (SSSR count). The van der Waals surface area contributed by atoms with Gasteiger partial charge in [-0.15, -0.1) is 0 Å². The van der Waals surface area contributed by atoms with E-state index in [0.717, 1.165) is 31.6 Å². The predicted molar refractivity (Wildman–Crippen MR) is 220 cm³/mol. The maximum Gasteiger partial charge on any atom is 0.335 e. The molecule has 0 aromatic heterocycles. The number of hydrogen-bond acceptors (Lipinski definition) is 13. The lowest BCUT2D eigenvalue weighted by Crippen LogP contribution is -2.69. The molecule has 3 aliphatic carbocycles. The van der Waals surface area contributed by atoms with Gasteiger partial charge in [0.15, 0.2) is 5.78 Å². The Kier molecular flexibility index (Phi) is 12.2. The molecule has 3 saturated heterocycles. The molecule has 3 heterocycles. The number of rotatable bonds is 8. The Morgan fingerprint density at radius 1 is 0.983 bits per heavy atom. The van der Waals surface area contributed by atoms with E-state index in [-0.39, 0.29) is 51.6 Å². The van der Waals surface area contributed by atoms with Crippen LogP contribution in [0.5, 0.6) is 11.5 Å². The highest BCUT2D eigenvalue weighted by Crippen LogP contribution is 2.67. The Morgan fingerprint density at radius 3 is 2.47 bits per heavy atom. The number of phenols is 1. The maximum absolute atomic E-state index is 12.6. The lowest BCUT2D eigenvalue weighted by Gasteiger charge is -2.58. The van der Waals surface area contributed by atoms with Gasteiger partial charge in [-0.25, -0.2) is 4.79 Å². The van der Waals surface area contributed by atoms with Crippen molar-refractivity contribution in [2.45, 2.75) is 128 Å². The minimum Gasteiger partial charge on any atom is -0.506 e. The van der Waals surface area contributed by atoms with E-state index in [1.54, 1.807) is 23.8 Å². The fourth-order valence-corrected chi connectivity index (χ4v) is 15.4. The predicted octanol–water partition coefficient (Wildman–Crippen LogP) is 6.62. The van der Waals surface area contributed by atoms with Gasteiger partial charge in [0, 0.05) is 24.4 Å². The van der Waals surface area contributed by atoms with Gasteiger partial charge in [-0.3, -0.25) is 4.79 Å². The van der Waals surface area contributed by atoms with E-state index >= 15 is 0 Å². The second-order valence-corrected chi connectivity index (χ2v) is 21.2. The van der Waals surface area contributed by atoms with Crippen LogP contribution in [0.4, 0.5) is 0 Å². The highest BCUT2D eigenvalue weighted by atomic mass is 33.1. The van der Waals surface area contributed by atoms with Crippen molar-refractivity contribution < 1.29 is 59.2 Å². The number of benzene rings is 2. The second-order valence-electron chi connectivity index (χ2n) is 18.8. The third-order valence-corrected chi connectivity index (χ3v) is 17.5. The molecule has 14 heteroatoms. The van der Waals surface area contributed by atoms with Gasteiger partial charge < -0.3 is 49.6 Å². The SMILES string of the molecule is CC(=O)c1c(C)cc2cc(C(=O)O)cc(O[C@H]3O[C@H](CO)[C@@]4(CC[C@H]5C[C@@]6(CCC7(CCCC7)C6)C[C@@H]6COC[C@@](CCCO)(CSSCO4)[C@@H]56)[C@H](O)[C@H]3O)c2c1O. The van der Waals surface area contributed by atoms with E-state index in [4.69, 9.17) is 18.9 Å². The fraction of sp³-hybridized carbons (Fsp3) is 0.727. The molecule has 0 unspecified atom stereocenters. The van der Waals surface area contributed by atoms with Crippen LogP contribution in [0, 0.1) is 40.9 Å². The molecule has 3 aliphatic heterocycles. The highest BCUT2D eigenvalue weighted by molar-refractivity contribution is 8.76. The molecule has 12 nitrogen and oxygen atoms in total. The zero-order chi connectivity index (χ0) is 41.0. The molecule has 0 radical (unpaired) electrons. The summed E-state index contributed by atoms with van der Waals surface area (Å²) in [5.41, 5.74) is -0.657. The first-order chi connectivity index (χ1) is 27.8. The van der Waals surface area contributed by atoms with Crippen LogP contribution in [0.3, 0.4) is 0 Å². The van der Waals surface area contributed by atoms with Crippen LogP contribution in [0.25, 0.3) is 10.8 Å². The first-order valence-electron chi connectivity index (χ1n) is 21.2. The van der Waals surface area contributed by atoms with Crippen molar-refractivity contribution in [2.24, 2.45) is 34.0 Å². The number of phenolic OH excluding ortho intramolecular Hbond substituents is 1. The summed E-state index contributed by atoms with van der Waals surface area (Å²) in [5.74, 6) is -0.271. The number of Topliss-reactive ketones (excluding diaryl/α,β-unsaturated/α-hetero) is 1. The van der Waals surface area contributed by atoms with Crippen molar-refractivity contribution in [1.82, 2.24) is 0 Å². The van der Waals surface area contributed by atoms with Gasteiger partial charge >= 0.3 is 5.97 Å². The van der Waals surface area contributed by atoms with Crippen molar-refractivity contribution in [1.29, 1.82) is 0 Å². The molecular weight excluding hydrogens is 785 g/mol. The van der Waals surface area contributed by atoms with Crippen molar-refractivity contribution in [3.05, 3.63) is 34.9 Å². The summed E-state index contributed by atoms with van der Waals surface area (Å²) < 4.78 is 25.7. The standard InChI is InChI=1S/C44H60O12S2/c1-25-14-28-15-29(39(51)52)16-31(34(28)36(48)33(25)26(2)47)55-40-37(49)38(50)44(32(19-46)56-40)10-6-27-17-42(12-11-41(21-42)7-3-4-8-41)18-30-20-53-22-43(35(27)30,9-5-13-45)23-57-58-24-54-44/h14-16,27,30,32,35,37-38,40,45-46,48-50H,3-13,17-24H2,1-2H3,(H,51,52)/t27-,30+,32+,35-,37+,38+,40-,42-,43-,44-/m0/s1. The number of ketones is 1. The van der Waals surface area contributed by atoms with E-state index in [1.165, 1.54) is 74.8 Å². The van der Waals surface area contributed by atoms with Crippen LogP contribution in [-0.4, -0.2) is 111 Å². The summed E-state index contributed by atoms with van der Waals surface area (Å²) in [5, 5.41) is 67.0. The Morgan fingerprint density at radius 2 is 1.74 bits per heavy atom. The number of carbonyl (C=O) groups is 2. The van der Waals surface area contributed by atoms with Crippen molar-refractivity contribution in [2.75, 3.05) is 38.1 Å². The van der Waals surface area contributed by atoms with Gasteiger partial charge in [0.2, 0.25) is 6.29 Å². The summed E-state index contributed by atoms with van der Waals surface area (Å²) in [6, 6.07) is 4.14. The minimum absolute atomic E-state index is 0.0478. The average Bonchev–Trinajstić information content (AvgIpc) is 3.79. The Labute approximate surface area is 348 Å². The molecule has 6 fully saturated rings. The van der Waals surface area contributed by atoms with Crippen molar-refractivity contribution >= 4 is 44.1 Å². The number of hydrogen-bond donors (Lipinski definition) is 6. The quantitative estimate of drug-likeness (QED) is 0.123. The lowest BCUT2D eigenvalue weighted by molar-refractivity contribution is -0.323. The van der Waals surface area contributed by atoms with Crippen molar-refractivity contribution in [3.8, 4) is 11.5 Å². The Hall–Kier alpha value is -2.14. The van der Waals surface area contributed by atoms with E-state index in [2.05, 4.69) is 0 Å². The van der Waals surface area contributed by atoms with Crippen LogP contribution in [-0.2, 0) is 14.2 Å². The smallest absolute Gasteiger partial charge is 0.335 e. The van der Waals surface area contributed by atoms with Crippen LogP contribution in [0.2, 0.25) is 0 Å². The first-order valence-corrected chi connectivity index (χ1v) is 23.7. The number of aromatic carboxylic acids is 1. The van der Waals surface area contributed by atoms with Crippen LogP contribution in [0.15, 0.2) is 18.2 Å². The molecule has 2 aromatic carbocycles. The third-order valence-electron chi connectivity index (χ3n) is 15.3. The lowest BCUT2D eigenvalue weighted by atomic mass is 9.50. The number of ether oxygens (including phenoxy) is 4. The minimum atomic E-state index is -1.71. The Bertz CT molecular complexity index is 1870. The van der Waals surface area contributed by atoms with Gasteiger partial charge in [0.25, 0.3) is 0 Å². The first kappa shape index (κ1) is 42.5. The number of aliphatic hydroxyl groups excluding tert-OH is 4. The van der Waals surface area contributed by atoms with E-state index in [9.17, 15) is 40.2 Å². The highest BCUT2D eigenvalue weighted by Gasteiger charge is 2.62. The number of fused-ring (bicyclic) bond motifs is 1. The van der Waals surface area contributed by atoms with E-state index in [0.29, 0.717) is 54.1 Å². The van der Waals surface area contributed by atoms with Gasteiger partial charge in [0.1, 0.15) is 41.4 Å². The molecule has 3 saturated carbocycles. The van der Waals surface area contributed by atoms with Gasteiger partial charge in [-0.2, -0.15) is 0 Å². The van der Waals surface area contributed by atoms with Gasteiger partial charge in [-0.1, -0.05) is 40.5 Å². The molecule has 320 valence electrons. The van der Waals surface area contributed by atoms with Crippen LogP contribution in [0.1, 0.15) is 117 Å². The third kappa shape index (κ3) is 7.48. The van der Waals surface area contributed by atoms with Gasteiger partial charge in [0.05, 0.1) is 29.7 Å². The summed E-state index contributed by atoms with van der Waals surface area (Å²) in [7, 11) is 3.22. The molecule has 10 atom stereocenters. The summed E-state index contributed by atoms with van der Waals surface area (Å²) in [6.45, 7) is 3.88. The normalized spacial score (nSPS) is 37.5. The summed E-state index contributed by atoms with van der Waals surface area (Å²) >= 11 is 0. The molecule has 3 spiro atoms. The summed E-state index contributed by atoms with van der Waals surface area (Å²) in [6.07, 6.45) is 7.71. The topological polar surface area (TPSA) is 192 Å². The number of carboxylic acid groups (broad SMARTS) is 1. The average molecular weight is 845 g/mol. The second kappa shape index (κ2) is 16.6.